The van der Waals surface area contributed by atoms with Gasteiger partial charge in [0, 0.05) is 11.7 Å². The molecule has 1 atom stereocenters. The van der Waals surface area contributed by atoms with Gasteiger partial charge >= 0.3 is 0 Å². The predicted molar refractivity (Wildman–Crippen MR) is 44.8 cm³/mol. The summed E-state index contributed by atoms with van der Waals surface area (Å²) in [5, 5.41) is 0. The Morgan fingerprint density at radius 2 is 2.33 bits per heavy atom. The van der Waals surface area contributed by atoms with Gasteiger partial charge in [-0.25, -0.2) is 0 Å². The van der Waals surface area contributed by atoms with Crippen LogP contribution < -0.4 is 4.72 Å². The van der Waals surface area contributed by atoms with Gasteiger partial charge in [-0.05, 0) is 6.42 Å². The van der Waals surface area contributed by atoms with E-state index >= 15 is 0 Å². The Morgan fingerprint density at radius 3 is 2.44 bits per heavy atom. The first kappa shape index (κ1) is 9.17. The fourth-order valence-electron chi connectivity index (χ4n) is 0.489. The molecule has 2 nitrogen and oxygen atoms in total. The number of thiol groups is 2. The number of nitrogens with one attached hydrogen (secondary N) is 1. The molecular formula is C5H11NOS2. The molecule has 1 N–H and O–H groups in total. The number of carbonyl (C=O) groups excluding carboxylic acids is 1. The highest BCUT2D eigenvalue weighted by molar-refractivity contribution is 7.80. The summed E-state index contributed by atoms with van der Waals surface area (Å²) in [5.41, 5.74) is 0. The Labute approximate surface area is 66.4 Å². The van der Waals surface area contributed by atoms with E-state index < -0.39 is 0 Å². The lowest BCUT2D eigenvalue weighted by atomic mass is 10.1. The molecular weight excluding hydrogens is 154 g/mol. The van der Waals surface area contributed by atoms with Crippen LogP contribution in [0.3, 0.4) is 0 Å². The van der Waals surface area contributed by atoms with Gasteiger partial charge in [0.15, 0.2) is 0 Å². The van der Waals surface area contributed by atoms with Crippen LogP contribution in [0, 0.1) is 5.92 Å². The van der Waals surface area contributed by atoms with Crippen LogP contribution in [-0.2, 0) is 4.79 Å². The van der Waals surface area contributed by atoms with Gasteiger partial charge in [0.1, 0.15) is 0 Å². The molecule has 1 amide bonds. The summed E-state index contributed by atoms with van der Waals surface area (Å²) < 4.78 is 2.27. The third kappa shape index (κ3) is 3.01. The molecule has 0 fully saturated rings. The molecule has 9 heavy (non-hydrogen) atoms. The second kappa shape index (κ2) is 4.99. The lowest BCUT2D eigenvalue weighted by molar-refractivity contribution is -0.122. The number of rotatable bonds is 3. The van der Waals surface area contributed by atoms with Gasteiger partial charge < -0.3 is 4.72 Å². The Balaban J connectivity index is 3.64. The Morgan fingerprint density at radius 1 is 1.78 bits per heavy atom. The van der Waals surface area contributed by atoms with E-state index in [0.717, 1.165) is 6.42 Å². The molecule has 4 heteroatoms. The lowest BCUT2D eigenvalue weighted by Crippen LogP contribution is -2.24. The zero-order valence-corrected chi connectivity index (χ0v) is 7.08. The van der Waals surface area contributed by atoms with E-state index in [0.29, 0.717) is 5.75 Å². The van der Waals surface area contributed by atoms with E-state index in [9.17, 15) is 4.79 Å². The molecule has 1 unspecified atom stereocenters. The maximum absolute atomic E-state index is 10.7. The summed E-state index contributed by atoms with van der Waals surface area (Å²) >= 11 is 7.62. The van der Waals surface area contributed by atoms with Gasteiger partial charge in [-0.2, -0.15) is 12.6 Å². The average Bonchev–Trinajstić information content (AvgIpc) is 1.90. The largest absolute Gasteiger partial charge is 0.302 e. The van der Waals surface area contributed by atoms with Crippen molar-refractivity contribution < 1.29 is 4.79 Å². The second-order valence-electron chi connectivity index (χ2n) is 1.76. The van der Waals surface area contributed by atoms with E-state index in [4.69, 9.17) is 0 Å². The predicted octanol–water partition coefficient (Wildman–Crippen LogP) is 0.903. The molecule has 0 aromatic heterocycles. The van der Waals surface area contributed by atoms with Gasteiger partial charge in [-0.15, -0.1) is 0 Å². The molecule has 0 radical (unpaired) electrons. The first-order valence-electron chi connectivity index (χ1n) is 2.81. The van der Waals surface area contributed by atoms with Crippen LogP contribution in [0.4, 0.5) is 0 Å². The van der Waals surface area contributed by atoms with E-state index in [1.54, 1.807) is 0 Å². The molecule has 0 bridgehead atoms. The highest BCUT2D eigenvalue weighted by Crippen LogP contribution is 2.03. The van der Waals surface area contributed by atoms with Gasteiger partial charge in [0.25, 0.3) is 0 Å². The van der Waals surface area contributed by atoms with Crippen molar-refractivity contribution in [3.63, 3.8) is 0 Å². The zero-order valence-electron chi connectivity index (χ0n) is 5.29. The van der Waals surface area contributed by atoms with Gasteiger partial charge in [-0.3, -0.25) is 4.79 Å². The molecule has 0 saturated carbocycles. The lowest BCUT2D eigenvalue weighted by Gasteiger charge is -2.07. The summed E-state index contributed by atoms with van der Waals surface area (Å²) in [6, 6.07) is 0. The molecule has 0 rings (SSSR count). The van der Waals surface area contributed by atoms with E-state index in [1.807, 2.05) is 6.92 Å². The molecule has 0 heterocycles. The molecule has 0 aromatic carbocycles. The van der Waals surface area contributed by atoms with Gasteiger partial charge in [0.05, 0.1) is 0 Å². The van der Waals surface area contributed by atoms with Crippen LogP contribution >= 0.6 is 25.4 Å². The number of hydrogen-bond donors (Lipinski definition) is 3. The zero-order chi connectivity index (χ0) is 7.28. The maximum Gasteiger partial charge on any atom is 0.233 e. The van der Waals surface area contributed by atoms with E-state index in [1.165, 1.54) is 0 Å². The molecule has 0 aliphatic carbocycles. The first-order valence-corrected chi connectivity index (χ1v) is 3.89. The van der Waals surface area contributed by atoms with Crippen LogP contribution in [-0.4, -0.2) is 11.7 Å². The van der Waals surface area contributed by atoms with Crippen molar-refractivity contribution in [2.24, 2.45) is 5.92 Å². The van der Waals surface area contributed by atoms with Crippen LogP contribution in [0.25, 0.3) is 0 Å². The number of carbonyl (C=O) groups is 1. The van der Waals surface area contributed by atoms with Crippen molar-refractivity contribution in [2.45, 2.75) is 13.3 Å². The van der Waals surface area contributed by atoms with Crippen molar-refractivity contribution in [3.8, 4) is 0 Å². The minimum Gasteiger partial charge on any atom is -0.302 e. The summed E-state index contributed by atoms with van der Waals surface area (Å²) in [5.74, 6) is 0.546. The molecule has 54 valence electrons. The quantitative estimate of drug-likeness (QED) is 0.533. The van der Waals surface area contributed by atoms with Crippen molar-refractivity contribution in [3.05, 3.63) is 0 Å². The third-order valence-corrected chi connectivity index (χ3v) is 1.86. The summed E-state index contributed by atoms with van der Waals surface area (Å²) in [7, 11) is 0. The monoisotopic (exact) mass is 165 g/mol. The Kier molecular flexibility index (Phi) is 5.09. The van der Waals surface area contributed by atoms with Crippen LogP contribution in [0.5, 0.6) is 0 Å². The highest BCUT2D eigenvalue weighted by Gasteiger charge is 2.11. The fourth-order valence-corrected chi connectivity index (χ4v) is 1.10. The van der Waals surface area contributed by atoms with Crippen LogP contribution in [0.1, 0.15) is 13.3 Å². The number of amides is 1. The molecule has 0 aliphatic rings. The molecule has 0 saturated heterocycles. The van der Waals surface area contributed by atoms with E-state index in [-0.39, 0.29) is 11.8 Å². The van der Waals surface area contributed by atoms with Crippen LogP contribution in [0.2, 0.25) is 0 Å². The molecule has 0 aliphatic heterocycles. The first-order chi connectivity index (χ1) is 4.26. The summed E-state index contributed by atoms with van der Waals surface area (Å²) in [6.07, 6.45) is 0.815. The normalized spacial score (nSPS) is 12.8. The second-order valence-corrected chi connectivity index (χ2v) is 2.35. The average molecular weight is 165 g/mol. The number of hydrogen-bond acceptors (Lipinski definition) is 3. The minimum absolute atomic E-state index is 0.00540. The van der Waals surface area contributed by atoms with Crippen molar-refractivity contribution in [2.75, 3.05) is 5.75 Å². The van der Waals surface area contributed by atoms with Crippen molar-refractivity contribution in [1.82, 2.24) is 4.72 Å². The Hall–Kier alpha value is 0.170. The van der Waals surface area contributed by atoms with Crippen molar-refractivity contribution in [1.29, 1.82) is 0 Å². The molecule has 0 aromatic rings. The smallest absolute Gasteiger partial charge is 0.233 e. The standard InChI is InChI=1S/C5H11NOS2/c1-2-4(3-8)5(7)6-9/h4,8-9H,2-3H2,1H3,(H,6,7). The van der Waals surface area contributed by atoms with Gasteiger partial charge in [-0.1, -0.05) is 19.7 Å². The van der Waals surface area contributed by atoms with Gasteiger partial charge in [0.2, 0.25) is 5.91 Å². The SMILES string of the molecule is CCC(CS)C(=O)NS. The van der Waals surface area contributed by atoms with E-state index in [2.05, 4.69) is 30.2 Å². The van der Waals surface area contributed by atoms with Crippen molar-refractivity contribution >= 4 is 31.4 Å². The summed E-state index contributed by atoms with van der Waals surface area (Å²) in [6.45, 7) is 1.95. The maximum atomic E-state index is 10.7. The minimum atomic E-state index is -0.0455. The Bertz CT molecular complexity index is 93.0. The fraction of sp³-hybridized carbons (Fsp3) is 0.800. The highest BCUT2D eigenvalue weighted by atomic mass is 32.1. The summed E-state index contributed by atoms with van der Waals surface area (Å²) in [4.78, 5) is 10.7. The van der Waals surface area contributed by atoms with Crippen LogP contribution in [0.15, 0.2) is 0 Å². The topological polar surface area (TPSA) is 29.1 Å². The molecule has 0 spiro atoms. The third-order valence-electron chi connectivity index (χ3n) is 1.19.